The Morgan fingerprint density at radius 3 is 1.41 bits per heavy atom. The van der Waals surface area contributed by atoms with Gasteiger partial charge in [0.1, 0.15) is 22.5 Å². The molecule has 1 atom stereocenters. The van der Waals surface area contributed by atoms with Gasteiger partial charge in [-0.05, 0) is 31.4 Å². The van der Waals surface area contributed by atoms with Gasteiger partial charge in [0.25, 0.3) is 0 Å². The van der Waals surface area contributed by atoms with Crippen molar-refractivity contribution in [3.63, 3.8) is 0 Å². The van der Waals surface area contributed by atoms with Crippen LogP contribution in [0.15, 0.2) is 30.3 Å². The molecule has 5 nitrogen and oxygen atoms in total. The topological polar surface area (TPSA) is 75.7 Å². The Morgan fingerprint density at radius 1 is 0.634 bits per heavy atom. The molecule has 0 spiro atoms. The number of hydrogen-bond acceptors (Lipinski definition) is 5. The number of hydrogen-bond donors (Lipinski definition) is 0. The van der Waals surface area contributed by atoms with Crippen LogP contribution in [0.4, 0.5) is 0 Å². The molecule has 7 heteroatoms. The zero-order chi connectivity index (χ0) is 29.4. The van der Waals surface area contributed by atoms with Crippen molar-refractivity contribution in [3.05, 3.63) is 30.3 Å². The van der Waals surface area contributed by atoms with Crippen molar-refractivity contribution in [1.29, 1.82) is 0 Å². The Kier molecular flexibility index (Phi) is 26.2. The number of benzene rings is 1. The summed E-state index contributed by atoms with van der Waals surface area (Å²) in [6.07, 6.45) is 22.8. The van der Waals surface area contributed by atoms with Crippen LogP contribution in [0.3, 0.4) is 0 Å². The first-order valence-electron chi connectivity index (χ1n) is 16.6. The van der Waals surface area contributed by atoms with Gasteiger partial charge in [0, 0.05) is 5.41 Å². The molecule has 0 aromatic heterocycles. The predicted molar refractivity (Wildman–Crippen MR) is 168 cm³/mol. The van der Waals surface area contributed by atoms with Crippen LogP contribution in [0, 0.1) is 5.41 Å². The summed E-state index contributed by atoms with van der Waals surface area (Å²) in [5, 5.41) is 0. The van der Waals surface area contributed by atoms with Crippen LogP contribution in [0.5, 0.6) is 5.75 Å². The third-order valence-corrected chi connectivity index (χ3v) is 9.37. The summed E-state index contributed by atoms with van der Waals surface area (Å²) < 4.78 is 50.4. The molecule has 1 unspecified atom stereocenters. The second-order valence-corrected chi connectivity index (χ2v) is 13.2. The van der Waals surface area contributed by atoms with Gasteiger partial charge in [-0.25, -0.2) is 8.42 Å². The van der Waals surface area contributed by atoms with E-state index in [0.29, 0.717) is 5.75 Å². The zero-order valence-corrected chi connectivity index (χ0v) is 30.0. The van der Waals surface area contributed by atoms with Crippen molar-refractivity contribution >= 4 is 10.1 Å². The Hall–Kier alpha value is -0.110. The van der Waals surface area contributed by atoms with Gasteiger partial charge in [-0.3, -0.25) is 0 Å². The van der Waals surface area contributed by atoms with E-state index in [1.54, 1.807) is 0 Å². The van der Waals surface area contributed by atoms with Gasteiger partial charge >= 0.3 is 29.6 Å². The number of para-hydroxylation sites is 1. The molecule has 0 saturated carbocycles. The smallest absolute Gasteiger partial charge is 0.746 e. The first-order valence-corrected chi connectivity index (χ1v) is 18.1. The summed E-state index contributed by atoms with van der Waals surface area (Å²) in [4.78, 5) is 0. The van der Waals surface area contributed by atoms with Crippen LogP contribution >= 0.6 is 0 Å². The van der Waals surface area contributed by atoms with Crippen LogP contribution in [0.25, 0.3) is 0 Å². The maximum Gasteiger partial charge on any atom is 1.00 e. The fourth-order valence-corrected chi connectivity index (χ4v) is 7.13. The zero-order valence-electron chi connectivity index (χ0n) is 27.2. The molecule has 0 aliphatic rings. The van der Waals surface area contributed by atoms with E-state index in [0.717, 1.165) is 57.8 Å². The van der Waals surface area contributed by atoms with E-state index in [1.807, 2.05) is 30.3 Å². The van der Waals surface area contributed by atoms with E-state index in [-0.39, 0.29) is 42.8 Å². The monoisotopic (exact) mass is 604 g/mol. The number of rotatable bonds is 28. The van der Waals surface area contributed by atoms with E-state index in [1.165, 1.54) is 77.0 Å². The van der Waals surface area contributed by atoms with Crippen LogP contribution in [0.2, 0.25) is 0 Å². The van der Waals surface area contributed by atoms with Gasteiger partial charge in [-0.15, -0.1) is 0 Å². The summed E-state index contributed by atoms with van der Waals surface area (Å²) in [6, 6.07) is 9.44. The van der Waals surface area contributed by atoms with Crippen molar-refractivity contribution < 1.29 is 52.0 Å². The van der Waals surface area contributed by atoms with Crippen molar-refractivity contribution in [1.82, 2.24) is 0 Å². The third kappa shape index (κ3) is 19.7. The second kappa shape index (κ2) is 26.3. The van der Waals surface area contributed by atoms with Gasteiger partial charge in [0.2, 0.25) is 0 Å². The molecule has 234 valence electrons. The molecule has 41 heavy (non-hydrogen) atoms. The first kappa shape index (κ1) is 40.9. The van der Waals surface area contributed by atoms with E-state index >= 15 is 0 Å². The molecule has 0 radical (unpaired) electrons. The van der Waals surface area contributed by atoms with Crippen LogP contribution in [0.1, 0.15) is 156 Å². The molecular formula is C34H61NaO5S. The van der Waals surface area contributed by atoms with Gasteiger partial charge < -0.3 is 14.0 Å². The van der Waals surface area contributed by atoms with Crippen LogP contribution < -0.4 is 34.3 Å². The molecule has 1 aromatic rings. The maximum atomic E-state index is 12.8. The quantitative estimate of drug-likeness (QED) is 0.0575. The number of unbranched alkanes of at least 4 members (excludes halogenated alkanes) is 15. The Balaban J connectivity index is 0.0000160. The standard InChI is InChI=1S/C34H62O5S.Na/c1-4-7-10-13-16-22-27-34(28-23-17-14-11-8-5-2,29-24-18-15-12-9-6-3)33(40(35,36)37)39-31-30-38-32-25-20-19-21-26-32;/h19-21,25-26,33H,4-18,22-24,27-31H2,1-3H3,(H,35,36,37);/q;+1/p-1. The second-order valence-electron chi connectivity index (χ2n) is 11.8. The molecule has 0 N–H and O–H groups in total. The molecule has 0 bridgehead atoms. The third-order valence-electron chi connectivity index (χ3n) is 8.21. The predicted octanol–water partition coefficient (Wildman–Crippen LogP) is 7.20. The van der Waals surface area contributed by atoms with Gasteiger partial charge in [-0.1, -0.05) is 155 Å². The van der Waals surface area contributed by atoms with E-state index in [2.05, 4.69) is 20.8 Å². The Morgan fingerprint density at radius 2 is 1.02 bits per heavy atom. The molecule has 0 saturated heterocycles. The minimum Gasteiger partial charge on any atom is -0.746 e. The van der Waals surface area contributed by atoms with Gasteiger partial charge in [0.15, 0.2) is 5.44 Å². The first-order chi connectivity index (χ1) is 19.4. The minimum atomic E-state index is -4.65. The van der Waals surface area contributed by atoms with Crippen molar-refractivity contribution in [2.75, 3.05) is 13.2 Å². The van der Waals surface area contributed by atoms with E-state index in [4.69, 9.17) is 9.47 Å². The average molecular weight is 605 g/mol. The fourth-order valence-electron chi connectivity index (χ4n) is 5.90. The van der Waals surface area contributed by atoms with Crippen molar-refractivity contribution in [3.8, 4) is 5.75 Å². The Bertz CT molecular complexity index is 762. The van der Waals surface area contributed by atoms with E-state index < -0.39 is 21.0 Å². The van der Waals surface area contributed by atoms with Crippen molar-refractivity contribution in [2.45, 2.75) is 161 Å². The minimum absolute atomic E-state index is 0. The average Bonchev–Trinajstić information content (AvgIpc) is 2.94. The van der Waals surface area contributed by atoms with E-state index in [9.17, 15) is 13.0 Å². The maximum absolute atomic E-state index is 12.8. The van der Waals surface area contributed by atoms with Gasteiger partial charge in [-0.2, -0.15) is 0 Å². The molecule has 0 amide bonds. The molecule has 1 rings (SSSR count). The summed E-state index contributed by atoms with van der Waals surface area (Å²) in [5.41, 5.74) is -1.95. The van der Waals surface area contributed by atoms with Crippen LogP contribution in [-0.2, 0) is 14.9 Å². The molecule has 0 aliphatic carbocycles. The SMILES string of the molecule is CCCCCCCCC(CCCCCCCC)(CCCCCCCC)C(OCCOc1ccccc1)S(=O)(=O)[O-].[Na+]. The fraction of sp³-hybridized carbons (Fsp3) is 0.824. The molecule has 0 fully saturated rings. The van der Waals surface area contributed by atoms with Crippen LogP contribution in [-0.4, -0.2) is 31.6 Å². The molecule has 1 aromatic carbocycles. The van der Waals surface area contributed by atoms with Gasteiger partial charge in [0.05, 0.1) is 6.61 Å². The molecular weight excluding hydrogens is 543 g/mol. The largest absolute Gasteiger partial charge is 1.00 e. The molecule has 0 aliphatic heterocycles. The Labute approximate surface area is 276 Å². The summed E-state index contributed by atoms with van der Waals surface area (Å²) >= 11 is 0. The summed E-state index contributed by atoms with van der Waals surface area (Å²) in [6.45, 7) is 6.96. The summed E-state index contributed by atoms with van der Waals surface area (Å²) in [7, 11) is -4.65. The summed E-state index contributed by atoms with van der Waals surface area (Å²) in [5.74, 6) is 0.713. The normalized spacial score (nSPS) is 12.7. The number of ether oxygens (including phenoxy) is 2. The molecule has 0 heterocycles. The van der Waals surface area contributed by atoms with Crippen molar-refractivity contribution in [2.24, 2.45) is 5.41 Å².